The SMILES string of the molecule is NC(=O)C1=C(N)C(=O)NC1. The molecule has 1 heterocycles. The van der Waals surface area contributed by atoms with Crippen molar-refractivity contribution in [1.29, 1.82) is 0 Å². The first-order valence-corrected chi connectivity index (χ1v) is 2.69. The predicted molar refractivity (Wildman–Crippen MR) is 33.4 cm³/mol. The zero-order chi connectivity index (χ0) is 7.72. The summed E-state index contributed by atoms with van der Waals surface area (Å²) in [6, 6.07) is 0. The Hall–Kier alpha value is -1.52. The first-order valence-electron chi connectivity index (χ1n) is 2.69. The van der Waals surface area contributed by atoms with Crippen molar-refractivity contribution in [2.24, 2.45) is 11.5 Å². The van der Waals surface area contributed by atoms with Crippen molar-refractivity contribution in [3.8, 4) is 0 Å². The van der Waals surface area contributed by atoms with Crippen LogP contribution in [0.4, 0.5) is 0 Å². The molecule has 5 heteroatoms. The lowest BCUT2D eigenvalue weighted by atomic mass is 10.2. The molecule has 0 aromatic rings. The first-order chi connectivity index (χ1) is 4.63. The number of rotatable bonds is 1. The predicted octanol–water partition coefficient (Wildman–Crippen LogP) is -2.19. The summed E-state index contributed by atoms with van der Waals surface area (Å²) >= 11 is 0. The highest BCUT2D eigenvalue weighted by Gasteiger charge is 2.22. The highest BCUT2D eigenvalue weighted by atomic mass is 16.2. The zero-order valence-corrected chi connectivity index (χ0v) is 5.18. The highest BCUT2D eigenvalue weighted by molar-refractivity contribution is 6.07. The second-order valence-corrected chi connectivity index (χ2v) is 1.94. The van der Waals surface area contributed by atoms with Gasteiger partial charge in [0.15, 0.2) is 0 Å². The lowest BCUT2D eigenvalue weighted by Crippen LogP contribution is -2.20. The van der Waals surface area contributed by atoms with Gasteiger partial charge in [-0.25, -0.2) is 0 Å². The summed E-state index contributed by atoms with van der Waals surface area (Å²) in [5.41, 5.74) is 10.2. The Morgan fingerprint density at radius 2 is 2.20 bits per heavy atom. The zero-order valence-electron chi connectivity index (χ0n) is 5.18. The summed E-state index contributed by atoms with van der Waals surface area (Å²) in [7, 11) is 0. The number of primary amides is 1. The van der Waals surface area contributed by atoms with E-state index in [0.717, 1.165) is 0 Å². The summed E-state index contributed by atoms with van der Waals surface area (Å²) in [4.78, 5) is 21.0. The summed E-state index contributed by atoms with van der Waals surface area (Å²) in [5, 5.41) is 2.36. The molecule has 0 atom stereocenters. The maximum Gasteiger partial charge on any atom is 0.267 e. The molecule has 5 nitrogen and oxygen atoms in total. The van der Waals surface area contributed by atoms with Gasteiger partial charge in [-0.15, -0.1) is 0 Å². The van der Waals surface area contributed by atoms with E-state index in [9.17, 15) is 9.59 Å². The molecule has 0 saturated heterocycles. The largest absolute Gasteiger partial charge is 0.394 e. The Kier molecular flexibility index (Phi) is 1.33. The molecule has 1 aliphatic rings. The van der Waals surface area contributed by atoms with Gasteiger partial charge in [-0.2, -0.15) is 0 Å². The second-order valence-electron chi connectivity index (χ2n) is 1.94. The molecule has 0 fully saturated rings. The molecule has 54 valence electrons. The Morgan fingerprint density at radius 1 is 1.60 bits per heavy atom. The van der Waals surface area contributed by atoms with E-state index in [1.54, 1.807) is 0 Å². The molecule has 0 aromatic heterocycles. The molecule has 1 aliphatic heterocycles. The maximum atomic E-state index is 10.6. The van der Waals surface area contributed by atoms with Crippen molar-refractivity contribution in [2.45, 2.75) is 0 Å². The van der Waals surface area contributed by atoms with Crippen LogP contribution in [0, 0.1) is 0 Å². The molecule has 0 bridgehead atoms. The van der Waals surface area contributed by atoms with Gasteiger partial charge in [0.05, 0.1) is 12.1 Å². The molecule has 0 saturated carbocycles. The molecule has 0 unspecified atom stereocenters. The van der Waals surface area contributed by atoms with E-state index in [2.05, 4.69) is 5.32 Å². The topological polar surface area (TPSA) is 98.2 Å². The van der Waals surface area contributed by atoms with Crippen LogP contribution >= 0.6 is 0 Å². The quantitative estimate of drug-likeness (QED) is 0.387. The summed E-state index contributed by atoms with van der Waals surface area (Å²) in [6.07, 6.45) is 0. The van der Waals surface area contributed by atoms with Gasteiger partial charge in [0.25, 0.3) is 5.91 Å². The van der Waals surface area contributed by atoms with E-state index >= 15 is 0 Å². The Labute approximate surface area is 57.1 Å². The molecule has 0 aromatic carbocycles. The van der Waals surface area contributed by atoms with Gasteiger partial charge < -0.3 is 16.8 Å². The van der Waals surface area contributed by atoms with Crippen LogP contribution < -0.4 is 16.8 Å². The van der Waals surface area contributed by atoms with Crippen molar-refractivity contribution in [3.05, 3.63) is 11.3 Å². The molecule has 0 radical (unpaired) electrons. The van der Waals surface area contributed by atoms with Crippen molar-refractivity contribution in [2.75, 3.05) is 6.54 Å². The van der Waals surface area contributed by atoms with Crippen molar-refractivity contribution >= 4 is 11.8 Å². The van der Waals surface area contributed by atoms with Crippen LogP contribution in [0.3, 0.4) is 0 Å². The van der Waals surface area contributed by atoms with Crippen LogP contribution in [0.5, 0.6) is 0 Å². The van der Waals surface area contributed by atoms with Gasteiger partial charge in [0.1, 0.15) is 5.70 Å². The number of nitrogens with two attached hydrogens (primary N) is 2. The summed E-state index contributed by atoms with van der Waals surface area (Å²) in [6.45, 7) is 0.153. The van der Waals surface area contributed by atoms with Crippen LogP contribution in [0.1, 0.15) is 0 Å². The minimum absolute atomic E-state index is 0.0625. The third kappa shape index (κ3) is 0.812. The van der Waals surface area contributed by atoms with E-state index in [0.29, 0.717) is 0 Å². The Bertz CT molecular complexity index is 231. The first kappa shape index (κ1) is 6.60. The van der Waals surface area contributed by atoms with Crippen LogP contribution in [-0.4, -0.2) is 18.4 Å². The van der Waals surface area contributed by atoms with Gasteiger partial charge in [0, 0.05) is 0 Å². The van der Waals surface area contributed by atoms with Crippen LogP contribution in [0.15, 0.2) is 11.3 Å². The molecule has 10 heavy (non-hydrogen) atoms. The van der Waals surface area contributed by atoms with Crippen LogP contribution in [0.25, 0.3) is 0 Å². The number of carbonyl (C=O) groups excluding carboxylic acids is 2. The van der Waals surface area contributed by atoms with Crippen molar-refractivity contribution < 1.29 is 9.59 Å². The average molecular weight is 141 g/mol. The molecule has 2 amide bonds. The lowest BCUT2D eigenvalue weighted by molar-refractivity contribution is -0.117. The molecule has 0 spiro atoms. The monoisotopic (exact) mass is 141 g/mol. The van der Waals surface area contributed by atoms with Crippen LogP contribution in [0.2, 0.25) is 0 Å². The minimum Gasteiger partial charge on any atom is -0.394 e. The van der Waals surface area contributed by atoms with Gasteiger partial charge in [-0.3, -0.25) is 9.59 Å². The van der Waals surface area contributed by atoms with Gasteiger partial charge >= 0.3 is 0 Å². The fraction of sp³-hybridized carbons (Fsp3) is 0.200. The number of hydrogen-bond acceptors (Lipinski definition) is 3. The van der Waals surface area contributed by atoms with Crippen LogP contribution in [-0.2, 0) is 9.59 Å². The standard InChI is InChI=1S/C5H7N3O2/c6-3-2(4(7)9)1-8-5(3)10/h1,6H2,(H2,7,9)(H,8,10). The van der Waals surface area contributed by atoms with Crippen molar-refractivity contribution in [1.82, 2.24) is 5.32 Å². The van der Waals surface area contributed by atoms with E-state index in [1.807, 2.05) is 0 Å². The number of hydrogen-bond donors (Lipinski definition) is 3. The second kappa shape index (κ2) is 2.02. The Balaban J connectivity index is 2.96. The van der Waals surface area contributed by atoms with Crippen molar-refractivity contribution in [3.63, 3.8) is 0 Å². The Morgan fingerprint density at radius 3 is 2.40 bits per heavy atom. The summed E-state index contributed by atoms with van der Waals surface area (Å²) in [5.74, 6) is -1.07. The van der Waals surface area contributed by atoms with Gasteiger partial charge in [-0.05, 0) is 0 Å². The van der Waals surface area contributed by atoms with Gasteiger partial charge in [-0.1, -0.05) is 0 Å². The molecule has 5 N–H and O–H groups in total. The minimum atomic E-state index is -0.643. The maximum absolute atomic E-state index is 10.6. The third-order valence-corrected chi connectivity index (χ3v) is 1.29. The lowest BCUT2D eigenvalue weighted by Gasteiger charge is -1.90. The third-order valence-electron chi connectivity index (χ3n) is 1.29. The molecular weight excluding hydrogens is 134 g/mol. The fourth-order valence-corrected chi connectivity index (χ4v) is 0.716. The molecular formula is C5H7N3O2. The smallest absolute Gasteiger partial charge is 0.267 e. The van der Waals surface area contributed by atoms with Gasteiger partial charge in [0.2, 0.25) is 5.91 Å². The fourth-order valence-electron chi connectivity index (χ4n) is 0.716. The number of carbonyl (C=O) groups is 2. The van der Waals surface area contributed by atoms with E-state index in [-0.39, 0.29) is 17.8 Å². The molecule has 0 aliphatic carbocycles. The number of amides is 2. The molecule has 1 rings (SSSR count). The van der Waals surface area contributed by atoms with E-state index in [1.165, 1.54) is 0 Å². The average Bonchev–Trinajstić information content (AvgIpc) is 2.14. The normalized spacial score (nSPS) is 17.4. The highest BCUT2D eigenvalue weighted by Crippen LogP contribution is 2.03. The van der Waals surface area contributed by atoms with E-state index < -0.39 is 11.8 Å². The number of nitrogens with one attached hydrogen (secondary N) is 1. The van der Waals surface area contributed by atoms with E-state index in [4.69, 9.17) is 11.5 Å². The summed E-state index contributed by atoms with van der Waals surface area (Å²) < 4.78 is 0.